The highest BCUT2D eigenvalue weighted by atomic mass is 16.5. The van der Waals surface area contributed by atoms with Crippen LogP contribution in [-0.2, 0) is 13.1 Å². The predicted molar refractivity (Wildman–Crippen MR) is 103 cm³/mol. The third kappa shape index (κ3) is 4.02. The number of unbranched alkanes of at least 4 members (excludes halogenated alkanes) is 1. The van der Waals surface area contributed by atoms with Gasteiger partial charge in [0.1, 0.15) is 11.6 Å². The summed E-state index contributed by atoms with van der Waals surface area (Å²) in [6.45, 7) is 8.46. The summed E-state index contributed by atoms with van der Waals surface area (Å²) in [5.74, 6) is 1.90. The summed E-state index contributed by atoms with van der Waals surface area (Å²) in [4.78, 5) is 4.69. The molecule has 0 unspecified atom stereocenters. The van der Waals surface area contributed by atoms with E-state index in [1.165, 1.54) is 22.2 Å². The van der Waals surface area contributed by atoms with Crippen LogP contribution < -0.4 is 10.5 Å². The Hall–Kier alpha value is -2.33. The number of fused-ring (bicyclic) bond motifs is 1. The molecule has 0 amide bonds. The lowest BCUT2D eigenvalue weighted by molar-refractivity contribution is 0.303. The van der Waals surface area contributed by atoms with E-state index in [1.54, 1.807) is 0 Å². The third-order valence-corrected chi connectivity index (χ3v) is 4.69. The lowest BCUT2D eigenvalue weighted by Gasteiger charge is -2.10. The van der Waals surface area contributed by atoms with Crippen LogP contribution in [0.1, 0.15) is 35.4 Å². The summed E-state index contributed by atoms with van der Waals surface area (Å²) >= 11 is 0. The third-order valence-electron chi connectivity index (χ3n) is 4.69. The lowest BCUT2D eigenvalue weighted by Crippen LogP contribution is -2.09. The number of aryl methyl sites for hydroxylation is 4. The normalized spacial score (nSPS) is 11.2. The molecule has 25 heavy (non-hydrogen) atoms. The molecule has 3 rings (SSSR count). The number of ether oxygens (including phenoxy) is 1. The zero-order valence-electron chi connectivity index (χ0n) is 15.4. The number of benzene rings is 2. The minimum atomic E-state index is 0.465. The van der Waals surface area contributed by atoms with Crippen molar-refractivity contribution in [2.45, 2.75) is 46.7 Å². The maximum Gasteiger partial charge on any atom is 0.123 e. The molecular weight excluding hydrogens is 310 g/mol. The van der Waals surface area contributed by atoms with Gasteiger partial charge in [0.05, 0.1) is 24.2 Å². The van der Waals surface area contributed by atoms with Crippen LogP contribution in [-0.4, -0.2) is 16.2 Å². The number of hydrogen-bond donors (Lipinski definition) is 1. The molecule has 0 aliphatic heterocycles. The maximum absolute atomic E-state index is 5.90. The van der Waals surface area contributed by atoms with E-state index in [-0.39, 0.29) is 0 Å². The summed E-state index contributed by atoms with van der Waals surface area (Å²) in [5, 5.41) is 0. The fourth-order valence-corrected chi connectivity index (χ4v) is 3.03. The summed E-state index contributed by atoms with van der Waals surface area (Å²) in [6.07, 6.45) is 2.04. The zero-order valence-corrected chi connectivity index (χ0v) is 15.4. The Labute approximate surface area is 149 Å². The van der Waals surface area contributed by atoms with Crippen molar-refractivity contribution in [2.24, 2.45) is 5.73 Å². The number of imidazole rings is 1. The van der Waals surface area contributed by atoms with Gasteiger partial charge >= 0.3 is 0 Å². The largest absolute Gasteiger partial charge is 0.494 e. The Kier molecular flexibility index (Phi) is 5.39. The number of hydrogen-bond acceptors (Lipinski definition) is 3. The Morgan fingerprint density at radius 2 is 1.72 bits per heavy atom. The molecule has 2 N–H and O–H groups in total. The maximum atomic E-state index is 5.90. The molecule has 0 saturated carbocycles. The predicted octanol–water partition coefficient (Wildman–Crippen LogP) is 4.28. The van der Waals surface area contributed by atoms with Crippen LogP contribution >= 0.6 is 0 Å². The van der Waals surface area contributed by atoms with Crippen LogP contribution in [0.5, 0.6) is 5.75 Å². The molecule has 1 aromatic heterocycles. The average molecular weight is 337 g/mol. The second kappa shape index (κ2) is 7.70. The fourth-order valence-electron chi connectivity index (χ4n) is 3.03. The van der Waals surface area contributed by atoms with Gasteiger partial charge in [0, 0.05) is 6.54 Å². The molecule has 132 valence electrons. The van der Waals surface area contributed by atoms with Crippen molar-refractivity contribution >= 4 is 11.0 Å². The van der Waals surface area contributed by atoms with E-state index in [0.717, 1.165) is 43.1 Å². The van der Waals surface area contributed by atoms with E-state index in [4.69, 9.17) is 15.5 Å². The van der Waals surface area contributed by atoms with E-state index < -0.39 is 0 Å². The van der Waals surface area contributed by atoms with Gasteiger partial charge in [-0.15, -0.1) is 0 Å². The molecule has 0 saturated heterocycles. The molecule has 0 aliphatic carbocycles. The van der Waals surface area contributed by atoms with Crippen LogP contribution in [0.4, 0.5) is 0 Å². The van der Waals surface area contributed by atoms with Crippen LogP contribution in [0.25, 0.3) is 11.0 Å². The number of aromatic nitrogens is 2. The summed E-state index contributed by atoms with van der Waals surface area (Å²) in [6, 6.07) is 12.6. The fraction of sp³-hybridized carbons (Fsp3) is 0.381. The molecule has 1 heterocycles. The smallest absolute Gasteiger partial charge is 0.123 e. The second-order valence-corrected chi connectivity index (χ2v) is 6.68. The van der Waals surface area contributed by atoms with Gasteiger partial charge < -0.3 is 15.0 Å². The molecule has 2 aromatic carbocycles. The SMILES string of the molecule is Cc1ccc(OCCCCn2c(CN)nc3cc(C)c(C)cc32)cc1. The minimum Gasteiger partial charge on any atom is -0.494 e. The van der Waals surface area contributed by atoms with Crippen LogP contribution in [0.2, 0.25) is 0 Å². The standard InChI is InChI=1S/C21H27N3O/c1-15-6-8-18(9-7-15)25-11-5-4-10-24-20-13-17(3)16(2)12-19(20)23-21(24)14-22/h6-9,12-13H,4-5,10-11,14,22H2,1-3H3. The molecule has 4 nitrogen and oxygen atoms in total. The van der Waals surface area contributed by atoms with Gasteiger partial charge in [-0.1, -0.05) is 17.7 Å². The van der Waals surface area contributed by atoms with E-state index >= 15 is 0 Å². The highest BCUT2D eigenvalue weighted by molar-refractivity contribution is 5.78. The first-order valence-electron chi connectivity index (χ1n) is 8.94. The number of rotatable bonds is 7. The molecule has 0 radical (unpaired) electrons. The van der Waals surface area contributed by atoms with Crippen molar-refractivity contribution < 1.29 is 4.74 Å². The molecule has 0 fully saturated rings. The topological polar surface area (TPSA) is 53.1 Å². The molecular formula is C21H27N3O. The molecule has 0 bridgehead atoms. The first-order chi connectivity index (χ1) is 12.1. The van der Waals surface area contributed by atoms with Crippen LogP contribution in [0.15, 0.2) is 36.4 Å². The van der Waals surface area contributed by atoms with E-state index in [1.807, 2.05) is 12.1 Å². The van der Waals surface area contributed by atoms with Crippen molar-refractivity contribution in [1.29, 1.82) is 0 Å². The average Bonchev–Trinajstić information content (AvgIpc) is 2.93. The Bertz CT molecular complexity index is 850. The Balaban J connectivity index is 1.60. The first kappa shape index (κ1) is 17.5. The summed E-state index contributed by atoms with van der Waals surface area (Å²) < 4.78 is 8.07. The number of nitrogens with zero attached hydrogens (tertiary/aromatic N) is 2. The van der Waals surface area contributed by atoms with Gasteiger partial charge in [-0.2, -0.15) is 0 Å². The van der Waals surface area contributed by atoms with Gasteiger partial charge in [0.25, 0.3) is 0 Å². The van der Waals surface area contributed by atoms with E-state index in [0.29, 0.717) is 6.54 Å². The van der Waals surface area contributed by atoms with Gasteiger partial charge in [0.2, 0.25) is 0 Å². The van der Waals surface area contributed by atoms with Gasteiger partial charge in [-0.25, -0.2) is 4.98 Å². The Morgan fingerprint density at radius 1 is 1.00 bits per heavy atom. The van der Waals surface area contributed by atoms with Gasteiger partial charge in [-0.3, -0.25) is 0 Å². The molecule has 0 aliphatic rings. The lowest BCUT2D eigenvalue weighted by atomic mass is 10.1. The highest BCUT2D eigenvalue weighted by Gasteiger charge is 2.10. The molecule has 0 atom stereocenters. The van der Waals surface area contributed by atoms with Crippen molar-refractivity contribution in [2.75, 3.05) is 6.61 Å². The van der Waals surface area contributed by atoms with Crippen molar-refractivity contribution in [1.82, 2.24) is 9.55 Å². The van der Waals surface area contributed by atoms with Crippen molar-refractivity contribution in [3.63, 3.8) is 0 Å². The molecule has 0 spiro atoms. The quantitative estimate of drug-likeness (QED) is 0.655. The van der Waals surface area contributed by atoms with Crippen LogP contribution in [0, 0.1) is 20.8 Å². The molecule has 3 aromatic rings. The summed E-state index contributed by atoms with van der Waals surface area (Å²) in [5.41, 5.74) is 11.9. The van der Waals surface area contributed by atoms with E-state index in [9.17, 15) is 0 Å². The Morgan fingerprint density at radius 3 is 2.44 bits per heavy atom. The van der Waals surface area contributed by atoms with Crippen molar-refractivity contribution in [3.8, 4) is 5.75 Å². The molecule has 4 heteroatoms. The van der Waals surface area contributed by atoms with E-state index in [2.05, 4.69) is 49.6 Å². The van der Waals surface area contributed by atoms with Gasteiger partial charge in [-0.05, 0) is 69.0 Å². The van der Waals surface area contributed by atoms with Gasteiger partial charge in [0.15, 0.2) is 0 Å². The van der Waals surface area contributed by atoms with Crippen LogP contribution in [0.3, 0.4) is 0 Å². The number of nitrogens with two attached hydrogens (primary N) is 1. The van der Waals surface area contributed by atoms with Crippen molar-refractivity contribution in [3.05, 3.63) is 58.9 Å². The first-order valence-corrected chi connectivity index (χ1v) is 8.94. The highest BCUT2D eigenvalue weighted by Crippen LogP contribution is 2.21. The minimum absolute atomic E-state index is 0.465. The zero-order chi connectivity index (χ0) is 17.8. The second-order valence-electron chi connectivity index (χ2n) is 6.68. The summed E-state index contributed by atoms with van der Waals surface area (Å²) in [7, 11) is 0. The monoisotopic (exact) mass is 337 g/mol.